The summed E-state index contributed by atoms with van der Waals surface area (Å²) in [6.45, 7) is 7.23. The van der Waals surface area contributed by atoms with Gasteiger partial charge in [-0.05, 0) is 26.4 Å². The minimum atomic E-state index is 0.759. The van der Waals surface area contributed by atoms with Gasteiger partial charge in [0.05, 0.1) is 6.61 Å². The topological polar surface area (TPSA) is 12.5 Å². The minimum Gasteiger partial charge on any atom is -0.380 e. The van der Waals surface area contributed by atoms with Gasteiger partial charge in [0.15, 0.2) is 0 Å². The van der Waals surface area contributed by atoms with E-state index in [1.165, 1.54) is 6.42 Å². The zero-order valence-electron chi connectivity index (χ0n) is 8.26. The van der Waals surface area contributed by atoms with E-state index in [-0.39, 0.29) is 0 Å². The van der Waals surface area contributed by atoms with Crippen LogP contribution < -0.4 is 0 Å². The molecule has 0 aromatic carbocycles. The summed E-state index contributed by atoms with van der Waals surface area (Å²) in [5.74, 6) is 0.759. The zero-order valence-corrected chi connectivity index (χ0v) is 8.26. The second-order valence-corrected chi connectivity index (χ2v) is 3.60. The summed E-state index contributed by atoms with van der Waals surface area (Å²) in [5, 5.41) is 0. The number of nitrogens with zero attached hydrogens (tertiary/aromatic N) is 1. The van der Waals surface area contributed by atoms with Crippen molar-refractivity contribution in [3.8, 4) is 0 Å². The van der Waals surface area contributed by atoms with Crippen LogP contribution in [0.15, 0.2) is 0 Å². The van der Waals surface area contributed by atoms with Crippen LogP contribution in [0.2, 0.25) is 0 Å². The van der Waals surface area contributed by atoms with Crippen LogP contribution in [0.5, 0.6) is 0 Å². The predicted octanol–water partition coefficient (Wildman–Crippen LogP) is 1.61. The summed E-state index contributed by atoms with van der Waals surface area (Å²) in [4.78, 5) is 2.13. The lowest BCUT2D eigenvalue weighted by Crippen LogP contribution is -2.18. The van der Waals surface area contributed by atoms with Crippen LogP contribution in [0.4, 0.5) is 0 Å². The normalized spacial score (nSPS) is 11.5. The van der Waals surface area contributed by atoms with Gasteiger partial charge in [-0.2, -0.15) is 0 Å². The molecule has 0 unspecified atom stereocenters. The monoisotopic (exact) mass is 159 g/mol. The Morgan fingerprint density at radius 2 is 1.82 bits per heavy atom. The largest absolute Gasteiger partial charge is 0.380 e. The predicted molar refractivity (Wildman–Crippen MR) is 48.8 cm³/mol. The lowest BCUT2D eigenvalue weighted by atomic mass is 10.1. The molecule has 0 aromatic heterocycles. The van der Waals surface area contributed by atoms with Gasteiger partial charge in [0, 0.05) is 13.2 Å². The van der Waals surface area contributed by atoms with Gasteiger partial charge in [0.1, 0.15) is 0 Å². The number of rotatable bonds is 6. The van der Waals surface area contributed by atoms with Crippen LogP contribution in [0.3, 0.4) is 0 Å². The molecule has 0 atom stereocenters. The summed E-state index contributed by atoms with van der Waals surface area (Å²) in [6, 6.07) is 0. The fourth-order valence-corrected chi connectivity index (χ4v) is 0.668. The summed E-state index contributed by atoms with van der Waals surface area (Å²) in [7, 11) is 4.12. The number of ether oxygens (including phenoxy) is 1. The van der Waals surface area contributed by atoms with E-state index in [2.05, 4.69) is 32.8 Å². The Labute approximate surface area is 70.5 Å². The Hall–Kier alpha value is -0.0800. The van der Waals surface area contributed by atoms with Crippen molar-refractivity contribution in [2.24, 2.45) is 5.92 Å². The van der Waals surface area contributed by atoms with Gasteiger partial charge in [0.25, 0.3) is 0 Å². The highest BCUT2D eigenvalue weighted by molar-refractivity contribution is 4.44. The van der Waals surface area contributed by atoms with Crippen LogP contribution in [0, 0.1) is 5.92 Å². The summed E-state index contributed by atoms with van der Waals surface area (Å²) in [6.07, 6.45) is 1.17. The first-order valence-corrected chi connectivity index (χ1v) is 4.35. The first-order chi connectivity index (χ1) is 5.13. The van der Waals surface area contributed by atoms with Crippen LogP contribution >= 0.6 is 0 Å². The standard InChI is InChI=1S/C9H21NO/c1-9(2)5-7-11-8-6-10(3)4/h9H,5-8H2,1-4H3. The average molecular weight is 159 g/mol. The Balaban J connectivity index is 2.91. The second-order valence-electron chi connectivity index (χ2n) is 3.60. The maximum atomic E-state index is 5.41. The van der Waals surface area contributed by atoms with Gasteiger partial charge in [-0.1, -0.05) is 13.8 Å². The van der Waals surface area contributed by atoms with E-state index in [4.69, 9.17) is 4.74 Å². The zero-order chi connectivity index (χ0) is 8.69. The average Bonchev–Trinajstić information content (AvgIpc) is 1.85. The molecule has 0 aliphatic carbocycles. The van der Waals surface area contributed by atoms with E-state index < -0.39 is 0 Å². The smallest absolute Gasteiger partial charge is 0.0593 e. The third-order valence-electron chi connectivity index (χ3n) is 1.52. The molecule has 0 aliphatic heterocycles. The summed E-state index contributed by atoms with van der Waals surface area (Å²) in [5.41, 5.74) is 0. The molecule has 0 saturated carbocycles. The van der Waals surface area contributed by atoms with E-state index in [0.29, 0.717) is 0 Å². The maximum absolute atomic E-state index is 5.41. The van der Waals surface area contributed by atoms with Gasteiger partial charge in [-0.25, -0.2) is 0 Å². The molecule has 0 spiro atoms. The van der Waals surface area contributed by atoms with Crippen LogP contribution in [0.25, 0.3) is 0 Å². The molecular weight excluding hydrogens is 138 g/mol. The van der Waals surface area contributed by atoms with E-state index in [9.17, 15) is 0 Å². The third-order valence-corrected chi connectivity index (χ3v) is 1.52. The molecular formula is C9H21NO. The molecule has 11 heavy (non-hydrogen) atoms. The maximum Gasteiger partial charge on any atom is 0.0593 e. The molecule has 2 heteroatoms. The third kappa shape index (κ3) is 9.92. The van der Waals surface area contributed by atoms with Crippen molar-refractivity contribution >= 4 is 0 Å². The number of hydrogen-bond donors (Lipinski definition) is 0. The van der Waals surface area contributed by atoms with E-state index >= 15 is 0 Å². The number of hydrogen-bond acceptors (Lipinski definition) is 2. The van der Waals surface area contributed by atoms with Gasteiger partial charge in [-0.15, -0.1) is 0 Å². The van der Waals surface area contributed by atoms with Gasteiger partial charge in [-0.3, -0.25) is 0 Å². The molecule has 0 N–H and O–H groups in total. The van der Waals surface area contributed by atoms with Crippen molar-refractivity contribution in [3.05, 3.63) is 0 Å². The van der Waals surface area contributed by atoms with Crippen LogP contribution in [-0.4, -0.2) is 38.8 Å². The molecule has 0 bridgehead atoms. The van der Waals surface area contributed by atoms with Gasteiger partial charge < -0.3 is 9.64 Å². The van der Waals surface area contributed by atoms with Crippen molar-refractivity contribution in [1.82, 2.24) is 4.90 Å². The molecule has 0 radical (unpaired) electrons. The number of likely N-dealkylation sites (N-methyl/N-ethyl adjacent to an activating group) is 1. The molecule has 0 fully saturated rings. The van der Waals surface area contributed by atoms with Crippen molar-refractivity contribution in [1.29, 1.82) is 0 Å². The molecule has 0 aromatic rings. The van der Waals surface area contributed by atoms with Gasteiger partial charge >= 0.3 is 0 Å². The fraction of sp³-hybridized carbons (Fsp3) is 1.00. The Morgan fingerprint density at radius 3 is 2.27 bits per heavy atom. The molecule has 0 rings (SSSR count). The molecule has 68 valence electrons. The Kier molecular flexibility index (Phi) is 6.57. The van der Waals surface area contributed by atoms with Crippen LogP contribution in [0.1, 0.15) is 20.3 Å². The van der Waals surface area contributed by atoms with Crippen molar-refractivity contribution in [2.75, 3.05) is 33.9 Å². The Bertz CT molecular complexity index is 71.6. The lowest BCUT2D eigenvalue weighted by Gasteiger charge is -2.10. The molecule has 0 saturated heterocycles. The summed E-state index contributed by atoms with van der Waals surface area (Å²) < 4.78 is 5.41. The van der Waals surface area contributed by atoms with Crippen molar-refractivity contribution < 1.29 is 4.74 Å². The highest BCUT2D eigenvalue weighted by atomic mass is 16.5. The highest BCUT2D eigenvalue weighted by Gasteiger charge is 1.94. The first kappa shape index (κ1) is 10.9. The van der Waals surface area contributed by atoms with E-state index in [0.717, 1.165) is 25.7 Å². The van der Waals surface area contributed by atoms with Gasteiger partial charge in [0.2, 0.25) is 0 Å². The quantitative estimate of drug-likeness (QED) is 0.546. The van der Waals surface area contributed by atoms with Crippen molar-refractivity contribution in [3.63, 3.8) is 0 Å². The molecule has 0 heterocycles. The lowest BCUT2D eigenvalue weighted by molar-refractivity contribution is 0.109. The second kappa shape index (κ2) is 6.62. The molecule has 0 aliphatic rings. The summed E-state index contributed by atoms with van der Waals surface area (Å²) >= 11 is 0. The fourth-order valence-electron chi connectivity index (χ4n) is 0.668. The van der Waals surface area contributed by atoms with E-state index in [1.54, 1.807) is 0 Å². The van der Waals surface area contributed by atoms with E-state index in [1.807, 2.05) is 0 Å². The molecule has 0 amide bonds. The van der Waals surface area contributed by atoms with Crippen LogP contribution in [-0.2, 0) is 4.74 Å². The SMILES string of the molecule is CC(C)CCOCCN(C)C. The van der Waals surface area contributed by atoms with Crippen molar-refractivity contribution in [2.45, 2.75) is 20.3 Å². The minimum absolute atomic E-state index is 0.759. The Morgan fingerprint density at radius 1 is 1.18 bits per heavy atom. The molecule has 2 nitrogen and oxygen atoms in total. The first-order valence-electron chi connectivity index (χ1n) is 4.35. The highest BCUT2D eigenvalue weighted by Crippen LogP contribution is 1.98.